The third-order valence-corrected chi connectivity index (χ3v) is 3.71. The molecule has 17 heavy (non-hydrogen) atoms. The molecule has 0 amide bonds. The quantitative estimate of drug-likeness (QED) is 0.815. The van der Waals surface area contributed by atoms with Crippen molar-refractivity contribution in [1.82, 2.24) is 4.98 Å². The first-order valence-corrected chi connectivity index (χ1v) is 6.39. The van der Waals surface area contributed by atoms with Gasteiger partial charge in [0.1, 0.15) is 0 Å². The molecule has 1 aliphatic rings. The van der Waals surface area contributed by atoms with Crippen LogP contribution in [0, 0.1) is 5.92 Å². The predicted molar refractivity (Wildman–Crippen MR) is 65.8 cm³/mol. The largest absolute Gasteiger partial charge is 0.481 e. The number of carboxylic acid groups (broad SMARTS) is 1. The molecule has 2 atom stereocenters. The van der Waals surface area contributed by atoms with E-state index in [0.717, 1.165) is 19.3 Å². The Morgan fingerprint density at radius 1 is 1.35 bits per heavy atom. The van der Waals surface area contributed by atoms with Crippen molar-refractivity contribution in [2.24, 2.45) is 5.92 Å². The number of nitrogens with zero attached hydrogens (tertiary/aromatic N) is 1. The highest BCUT2D eigenvalue weighted by Crippen LogP contribution is 2.37. The van der Waals surface area contributed by atoms with Gasteiger partial charge in [0.2, 0.25) is 0 Å². The fraction of sp³-hybridized carbons (Fsp3) is 0.571. The first kappa shape index (κ1) is 12.1. The van der Waals surface area contributed by atoms with E-state index in [1.807, 2.05) is 12.3 Å². The number of pyridine rings is 1. The molecule has 1 aromatic rings. The van der Waals surface area contributed by atoms with E-state index >= 15 is 0 Å². The van der Waals surface area contributed by atoms with E-state index in [2.05, 4.69) is 11.1 Å². The summed E-state index contributed by atoms with van der Waals surface area (Å²) in [6.45, 7) is 0. The zero-order valence-corrected chi connectivity index (χ0v) is 10.0. The Morgan fingerprint density at radius 3 is 2.88 bits per heavy atom. The lowest BCUT2D eigenvalue weighted by Gasteiger charge is -2.23. The Bertz CT molecular complexity index is 364. The van der Waals surface area contributed by atoms with Crippen LogP contribution in [0.4, 0.5) is 0 Å². The third kappa shape index (κ3) is 3.29. The van der Waals surface area contributed by atoms with E-state index in [1.165, 1.54) is 18.4 Å². The third-order valence-electron chi connectivity index (χ3n) is 3.71. The molecule has 0 bridgehead atoms. The molecular weight excluding hydrogens is 214 g/mol. The average Bonchev–Trinajstić information content (AvgIpc) is 2.55. The van der Waals surface area contributed by atoms with E-state index in [-0.39, 0.29) is 5.92 Å². The number of rotatable bonds is 3. The topological polar surface area (TPSA) is 50.2 Å². The van der Waals surface area contributed by atoms with Gasteiger partial charge in [0.05, 0.1) is 0 Å². The summed E-state index contributed by atoms with van der Waals surface area (Å²) in [6.07, 6.45) is 9.68. The van der Waals surface area contributed by atoms with Crippen molar-refractivity contribution in [3.63, 3.8) is 0 Å². The predicted octanol–water partition coefficient (Wildman–Crippen LogP) is 3.22. The molecule has 2 unspecified atom stereocenters. The van der Waals surface area contributed by atoms with Crippen LogP contribution in [0.3, 0.4) is 0 Å². The average molecular weight is 233 g/mol. The molecule has 3 heteroatoms. The second-order valence-electron chi connectivity index (χ2n) is 4.89. The minimum Gasteiger partial charge on any atom is -0.481 e. The Kier molecular flexibility index (Phi) is 4.13. The summed E-state index contributed by atoms with van der Waals surface area (Å²) in [6, 6.07) is 4.02. The van der Waals surface area contributed by atoms with Gasteiger partial charge in [-0.3, -0.25) is 9.78 Å². The van der Waals surface area contributed by atoms with Gasteiger partial charge in [-0.2, -0.15) is 0 Å². The summed E-state index contributed by atoms with van der Waals surface area (Å²) < 4.78 is 0. The molecule has 1 saturated carbocycles. The van der Waals surface area contributed by atoms with Gasteiger partial charge in [0.15, 0.2) is 0 Å². The summed E-state index contributed by atoms with van der Waals surface area (Å²) in [5, 5.41) is 9.01. The standard InChI is InChI=1S/C14H19NO2/c16-14(17)9-11-5-2-1-3-7-13(11)12-6-4-8-15-10-12/h4,6,8,10-11,13H,1-3,5,7,9H2,(H,16,17). The van der Waals surface area contributed by atoms with Gasteiger partial charge in [-0.15, -0.1) is 0 Å². The van der Waals surface area contributed by atoms with Crippen LogP contribution in [0.25, 0.3) is 0 Å². The second-order valence-corrected chi connectivity index (χ2v) is 4.89. The van der Waals surface area contributed by atoms with E-state index in [4.69, 9.17) is 5.11 Å². The van der Waals surface area contributed by atoms with Crippen LogP contribution in [-0.2, 0) is 4.79 Å². The fourth-order valence-electron chi connectivity index (χ4n) is 2.89. The summed E-state index contributed by atoms with van der Waals surface area (Å²) in [4.78, 5) is 15.1. The number of aliphatic carboxylic acids is 1. The molecular formula is C14H19NO2. The molecule has 1 fully saturated rings. The van der Waals surface area contributed by atoms with Crippen LogP contribution in [0.5, 0.6) is 0 Å². The normalized spacial score (nSPS) is 25.2. The smallest absolute Gasteiger partial charge is 0.303 e. The van der Waals surface area contributed by atoms with Crippen LogP contribution < -0.4 is 0 Å². The van der Waals surface area contributed by atoms with Crippen molar-refractivity contribution < 1.29 is 9.90 Å². The number of hydrogen-bond donors (Lipinski definition) is 1. The highest BCUT2D eigenvalue weighted by molar-refractivity contribution is 5.67. The molecule has 1 heterocycles. The fourth-order valence-corrected chi connectivity index (χ4v) is 2.89. The molecule has 0 saturated heterocycles. The lowest BCUT2D eigenvalue weighted by molar-refractivity contribution is -0.138. The van der Waals surface area contributed by atoms with Crippen molar-refractivity contribution in [2.75, 3.05) is 0 Å². The number of carbonyl (C=O) groups is 1. The van der Waals surface area contributed by atoms with Gasteiger partial charge < -0.3 is 5.11 Å². The first-order valence-electron chi connectivity index (χ1n) is 6.39. The van der Waals surface area contributed by atoms with Gasteiger partial charge in [-0.05, 0) is 36.3 Å². The molecule has 2 rings (SSSR count). The van der Waals surface area contributed by atoms with Crippen molar-refractivity contribution in [3.05, 3.63) is 30.1 Å². The number of carboxylic acids is 1. The molecule has 92 valence electrons. The van der Waals surface area contributed by atoms with Crippen LogP contribution >= 0.6 is 0 Å². The zero-order valence-electron chi connectivity index (χ0n) is 10.0. The first-order chi connectivity index (χ1) is 8.27. The Balaban J connectivity index is 2.17. The lowest BCUT2D eigenvalue weighted by atomic mass is 9.81. The summed E-state index contributed by atoms with van der Waals surface area (Å²) in [7, 11) is 0. The summed E-state index contributed by atoms with van der Waals surface area (Å²) >= 11 is 0. The molecule has 3 nitrogen and oxygen atoms in total. The number of hydrogen-bond acceptors (Lipinski definition) is 2. The van der Waals surface area contributed by atoms with Crippen LogP contribution in [-0.4, -0.2) is 16.1 Å². The molecule has 0 radical (unpaired) electrons. The minimum atomic E-state index is -0.675. The van der Waals surface area contributed by atoms with Gasteiger partial charge in [0.25, 0.3) is 0 Å². The molecule has 1 aliphatic carbocycles. The molecule has 0 spiro atoms. The minimum absolute atomic E-state index is 0.277. The van der Waals surface area contributed by atoms with Gasteiger partial charge in [0, 0.05) is 18.8 Å². The van der Waals surface area contributed by atoms with Crippen molar-refractivity contribution in [1.29, 1.82) is 0 Å². The van der Waals surface area contributed by atoms with E-state index in [9.17, 15) is 4.79 Å². The van der Waals surface area contributed by atoms with E-state index < -0.39 is 5.97 Å². The van der Waals surface area contributed by atoms with E-state index in [1.54, 1.807) is 6.20 Å². The highest BCUT2D eigenvalue weighted by Gasteiger charge is 2.26. The van der Waals surface area contributed by atoms with Gasteiger partial charge in [-0.1, -0.05) is 25.3 Å². The molecule has 1 aromatic heterocycles. The molecule has 0 aliphatic heterocycles. The lowest BCUT2D eigenvalue weighted by Crippen LogP contribution is -2.16. The number of aromatic nitrogens is 1. The van der Waals surface area contributed by atoms with Crippen molar-refractivity contribution in [3.8, 4) is 0 Å². The Hall–Kier alpha value is -1.38. The molecule has 1 N–H and O–H groups in total. The summed E-state index contributed by atoms with van der Waals surface area (Å²) in [5.41, 5.74) is 1.21. The van der Waals surface area contributed by atoms with Crippen LogP contribution in [0.1, 0.15) is 50.0 Å². The second kappa shape index (κ2) is 5.80. The molecule has 0 aromatic carbocycles. The maximum atomic E-state index is 10.9. The monoisotopic (exact) mass is 233 g/mol. The maximum absolute atomic E-state index is 10.9. The maximum Gasteiger partial charge on any atom is 0.303 e. The van der Waals surface area contributed by atoms with Crippen LogP contribution in [0.15, 0.2) is 24.5 Å². The highest BCUT2D eigenvalue weighted by atomic mass is 16.4. The van der Waals surface area contributed by atoms with Gasteiger partial charge >= 0.3 is 5.97 Å². The van der Waals surface area contributed by atoms with Gasteiger partial charge in [-0.25, -0.2) is 0 Å². The summed E-state index contributed by atoms with van der Waals surface area (Å²) in [5.74, 6) is -0.0210. The zero-order chi connectivity index (χ0) is 12.1. The van der Waals surface area contributed by atoms with Crippen LogP contribution in [0.2, 0.25) is 0 Å². The Morgan fingerprint density at radius 2 is 2.18 bits per heavy atom. The van der Waals surface area contributed by atoms with Crippen molar-refractivity contribution >= 4 is 5.97 Å². The van der Waals surface area contributed by atoms with E-state index in [0.29, 0.717) is 12.3 Å². The SMILES string of the molecule is O=C(O)CC1CCCCCC1c1cccnc1. The van der Waals surface area contributed by atoms with Crippen molar-refractivity contribution in [2.45, 2.75) is 44.4 Å². The Labute approximate surface area is 102 Å².